The van der Waals surface area contributed by atoms with Crippen molar-refractivity contribution >= 4 is 49.0 Å². The van der Waals surface area contributed by atoms with Crippen LogP contribution in [0.3, 0.4) is 0 Å². The lowest BCUT2D eigenvalue weighted by Gasteiger charge is -2.34. The number of anilines is 2. The Balaban J connectivity index is 1.41. The number of benzene rings is 2. The SMILES string of the molecule is CN1C(N)=N[C@](C)(c2cccc(Nc3nc(-c4ccc5ccccc5n4)cs3)c2)CS1(=O)=O. The van der Waals surface area contributed by atoms with E-state index in [-0.39, 0.29) is 11.7 Å². The number of thiazole rings is 1. The Morgan fingerprint density at radius 3 is 2.70 bits per heavy atom. The van der Waals surface area contributed by atoms with Crippen molar-refractivity contribution in [2.75, 3.05) is 18.1 Å². The molecule has 8 nitrogen and oxygen atoms in total. The average molecular weight is 479 g/mol. The van der Waals surface area contributed by atoms with Crippen LogP contribution >= 0.6 is 11.3 Å². The standard InChI is InChI=1S/C23H22N6O2S2/c1-23(14-33(30,31)29(2)21(24)28-23)16-7-5-8-17(12-16)25-22-27-20(13-32-22)19-11-10-15-6-3-4-9-18(15)26-19/h3-13H,14H2,1-2H3,(H2,24,28)(H,25,27)/t23-/m0/s1. The minimum absolute atomic E-state index is 0.0189. The van der Waals surface area contributed by atoms with Crippen molar-refractivity contribution < 1.29 is 8.42 Å². The van der Waals surface area contributed by atoms with Crippen molar-refractivity contribution in [3.8, 4) is 11.4 Å². The summed E-state index contributed by atoms with van der Waals surface area (Å²) in [5.41, 5.74) is 8.96. The van der Waals surface area contributed by atoms with Gasteiger partial charge in [0.15, 0.2) is 5.13 Å². The van der Waals surface area contributed by atoms with Gasteiger partial charge in [0.1, 0.15) is 11.2 Å². The summed E-state index contributed by atoms with van der Waals surface area (Å²) in [6.07, 6.45) is 0. The van der Waals surface area contributed by atoms with E-state index in [1.807, 2.05) is 66.0 Å². The number of hydrogen-bond acceptors (Lipinski definition) is 8. The first kappa shape index (κ1) is 21.4. The van der Waals surface area contributed by atoms with Gasteiger partial charge in [-0.25, -0.2) is 27.7 Å². The van der Waals surface area contributed by atoms with Gasteiger partial charge in [0.05, 0.1) is 17.0 Å². The third-order valence-electron chi connectivity index (χ3n) is 5.67. The first-order chi connectivity index (χ1) is 15.7. The summed E-state index contributed by atoms with van der Waals surface area (Å²) in [4.78, 5) is 13.9. The predicted octanol–water partition coefficient (Wildman–Crippen LogP) is 3.91. The number of nitrogens with one attached hydrogen (secondary N) is 1. The molecule has 0 radical (unpaired) electrons. The molecular weight excluding hydrogens is 456 g/mol. The molecule has 0 aliphatic carbocycles. The van der Waals surface area contributed by atoms with Gasteiger partial charge in [-0.2, -0.15) is 0 Å². The average Bonchev–Trinajstić information content (AvgIpc) is 3.25. The first-order valence-corrected chi connectivity index (χ1v) is 12.7. The summed E-state index contributed by atoms with van der Waals surface area (Å²) in [7, 11) is -2.13. The van der Waals surface area contributed by atoms with E-state index in [1.165, 1.54) is 18.4 Å². The van der Waals surface area contributed by atoms with Crippen LogP contribution in [0, 0.1) is 0 Å². The number of para-hydroxylation sites is 1. The van der Waals surface area contributed by atoms with E-state index in [9.17, 15) is 8.42 Å². The minimum Gasteiger partial charge on any atom is -0.369 e. The largest absolute Gasteiger partial charge is 0.369 e. The lowest BCUT2D eigenvalue weighted by atomic mass is 9.94. The molecule has 0 bridgehead atoms. The van der Waals surface area contributed by atoms with Crippen molar-refractivity contribution in [3.63, 3.8) is 0 Å². The molecule has 2 aromatic carbocycles. The van der Waals surface area contributed by atoms with Crippen molar-refractivity contribution in [3.05, 3.63) is 71.6 Å². The third kappa shape index (κ3) is 4.03. The van der Waals surface area contributed by atoms with Crippen LogP contribution in [0.5, 0.6) is 0 Å². The summed E-state index contributed by atoms with van der Waals surface area (Å²) < 4.78 is 26.0. The monoisotopic (exact) mass is 478 g/mol. The van der Waals surface area contributed by atoms with Gasteiger partial charge in [0.2, 0.25) is 16.0 Å². The number of sulfonamides is 1. The van der Waals surface area contributed by atoms with Gasteiger partial charge < -0.3 is 11.1 Å². The molecule has 0 saturated carbocycles. The van der Waals surface area contributed by atoms with Crippen LogP contribution in [0.2, 0.25) is 0 Å². The van der Waals surface area contributed by atoms with Gasteiger partial charge >= 0.3 is 0 Å². The Labute approximate surface area is 195 Å². The normalized spacial score (nSPS) is 19.9. The van der Waals surface area contributed by atoms with E-state index in [0.29, 0.717) is 5.13 Å². The molecule has 0 saturated heterocycles. The molecule has 168 valence electrons. The summed E-state index contributed by atoms with van der Waals surface area (Å²) in [5, 5.41) is 7.06. The van der Waals surface area contributed by atoms with Crippen molar-refractivity contribution in [1.29, 1.82) is 0 Å². The van der Waals surface area contributed by atoms with Crippen molar-refractivity contribution in [1.82, 2.24) is 14.3 Å². The van der Waals surface area contributed by atoms with E-state index < -0.39 is 15.6 Å². The van der Waals surface area contributed by atoms with Crippen molar-refractivity contribution in [2.45, 2.75) is 12.5 Å². The molecule has 0 fully saturated rings. The van der Waals surface area contributed by atoms with E-state index >= 15 is 0 Å². The molecule has 33 heavy (non-hydrogen) atoms. The zero-order valence-corrected chi connectivity index (χ0v) is 19.7. The number of nitrogens with zero attached hydrogens (tertiary/aromatic N) is 4. The molecule has 10 heteroatoms. The Kier molecular flexibility index (Phi) is 5.06. The van der Waals surface area contributed by atoms with Crippen LogP contribution < -0.4 is 11.1 Å². The summed E-state index contributed by atoms with van der Waals surface area (Å²) in [6, 6.07) is 19.5. The highest BCUT2D eigenvalue weighted by Gasteiger charge is 2.40. The second kappa shape index (κ2) is 7.82. The lowest BCUT2D eigenvalue weighted by Crippen LogP contribution is -2.50. The second-order valence-electron chi connectivity index (χ2n) is 8.10. The van der Waals surface area contributed by atoms with E-state index in [1.54, 1.807) is 6.92 Å². The number of aromatic nitrogens is 2. The molecule has 0 amide bonds. The fraction of sp³-hybridized carbons (Fsp3) is 0.174. The molecule has 4 aromatic rings. The molecule has 1 aliphatic rings. The molecule has 3 heterocycles. The van der Waals surface area contributed by atoms with Crippen LogP contribution in [0.4, 0.5) is 10.8 Å². The molecule has 2 aromatic heterocycles. The molecule has 0 unspecified atom stereocenters. The summed E-state index contributed by atoms with van der Waals surface area (Å²) in [6.45, 7) is 1.77. The molecule has 0 spiro atoms. The highest BCUT2D eigenvalue weighted by molar-refractivity contribution is 7.89. The highest BCUT2D eigenvalue weighted by atomic mass is 32.2. The fourth-order valence-corrected chi connectivity index (χ4v) is 6.00. The van der Waals surface area contributed by atoms with Gasteiger partial charge in [0, 0.05) is 23.5 Å². The smallest absolute Gasteiger partial charge is 0.239 e. The third-order valence-corrected chi connectivity index (χ3v) is 8.37. The number of rotatable bonds is 4. The number of hydrogen-bond donors (Lipinski definition) is 2. The number of pyridine rings is 1. The first-order valence-electron chi connectivity index (χ1n) is 10.2. The van der Waals surface area contributed by atoms with Crippen LogP contribution in [0.1, 0.15) is 12.5 Å². The lowest BCUT2D eigenvalue weighted by molar-refractivity contribution is 0.477. The maximum atomic E-state index is 12.5. The van der Waals surface area contributed by atoms with Crippen LogP contribution in [0.25, 0.3) is 22.3 Å². The number of aliphatic imine (C=N–C) groups is 1. The van der Waals surface area contributed by atoms with Gasteiger partial charge in [0.25, 0.3) is 0 Å². The van der Waals surface area contributed by atoms with E-state index in [2.05, 4.69) is 15.3 Å². The van der Waals surface area contributed by atoms with Crippen LogP contribution in [0.15, 0.2) is 71.0 Å². The van der Waals surface area contributed by atoms with Crippen LogP contribution in [-0.2, 0) is 15.6 Å². The second-order valence-corrected chi connectivity index (χ2v) is 11.0. The molecule has 1 aliphatic heterocycles. The molecule has 5 rings (SSSR count). The zero-order valence-electron chi connectivity index (χ0n) is 18.1. The molecule has 3 N–H and O–H groups in total. The Morgan fingerprint density at radius 1 is 1.06 bits per heavy atom. The Hall–Kier alpha value is -3.50. The maximum Gasteiger partial charge on any atom is 0.239 e. The van der Waals surface area contributed by atoms with E-state index in [0.717, 1.165) is 37.8 Å². The molecule has 1 atom stereocenters. The predicted molar refractivity (Wildman–Crippen MR) is 133 cm³/mol. The van der Waals surface area contributed by atoms with Crippen molar-refractivity contribution in [2.24, 2.45) is 10.7 Å². The van der Waals surface area contributed by atoms with E-state index in [4.69, 9.17) is 10.7 Å². The van der Waals surface area contributed by atoms with Gasteiger partial charge in [-0.3, -0.25) is 0 Å². The quantitative estimate of drug-likeness (QED) is 0.460. The zero-order chi connectivity index (χ0) is 23.2. The minimum atomic E-state index is -3.54. The number of nitrogens with two attached hydrogens (primary N) is 1. The summed E-state index contributed by atoms with van der Waals surface area (Å²) >= 11 is 1.47. The Bertz CT molecular complexity index is 1500. The number of fused-ring (bicyclic) bond motifs is 1. The summed E-state index contributed by atoms with van der Waals surface area (Å²) in [5.74, 6) is -0.176. The maximum absolute atomic E-state index is 12.5. The topological polar surface area (TPSA) is 114 Å². The van der Waals surface area contributed by atoms with Gasteiger partial charge in [-0.15, -0.1) is 11.3 Å². The van der Waals surface area contributed by atoms with Crippen LogP contribution in [-0.4, -0.2) is 41.5 Å². The fourth-order valence-electron chi connectivity index (χ4n) is 3.81. The van der Waals surface area contributed by atoms with Gasteiger partial charge in [-0.1, -0.05) is 36.4 Å². The molecular formula is C23H22N6O2S2. The highest BCUT2D eigenvalue weighted by Crippen LogP contribution is 2.34. The number of guanidine groups is 1. The Morgan fingerprint density at radius 2 is 1.88 bits per heavy atom. The van der Waals surface area contributed by atoms with Gasteiger partial charge in [-0.05, 0) is 36.8 Å².